The number of nitrogens with one attached hydrogen (secondary N) is 2. The fraction of sp³-hybridized carbons (Fsp3) is 0.200. The molecular weight excluding hydrogens is 450 g/mol. The van der Waals surface area contributed by atoms with Gasteiger partial charge in [0.2, 0.25) is 5.88 Å². The van der Waals surface area contributed by atoms with Crippen LogP contribution >= 0.6 is 0 Å². The van der Waals surface area contributed by atoms with Gasteiger partial charge in [0.1, 0.15) is 18.2 Å². The number of ether oxygens (including phenoxy) is 2. The van der Waals surface area contributed by atoms with E-state index in [1.54, 1.807) is 48.5 Å². The number of methoxy groups -OCH3 is 1. The summed E-state index contributed by atoms with van der Waals surface area (Å²) in [5.41, 5.74) is 3.86. The van der Waals surface area contributed by atoms with Crippen LogP contribution in [0, 0.1) is 0 Å². The summed E-state index contributed by atoms with van der Waals surface area (Å²) >= 11 is 0. The van der Waals surface area contributed by atoms with Gasteiger partial charge in [-0.15, -0.1) is 0 Å². The molecule has 0 spiro atoms. The molecule has 2 aromatic carbocycles. The van der Waals surface area contributed by atoms with Crippen LogP contribution in [-0.4, -0.2) is 70.3 Å². The maximum absolute atomic E-state index is 12.6. The topological polar surface area (TPSA) is 130 Å². The van der Waals surface area contributed by atoms with Gasteiger partial charge in [0, 0.05) is 30.4 Å². The molecule has 2 aromatic heterocycles. The molecule has 2 amide bonds. The third-order valence-corrected chi connectivity index (χ3v) is 5.78. The third-order valence-electron chi connectivity index (χ3n) is 5.78. The van der Waals surface area contributed by atoms with E-state index < -0.39 is 0 Å². The largest absolute Gasteiger partial charge is 0.507 e. The molecule has 1 saturated heterocycles. The molecule has 0 bridgehead atoms. The number of hydrogen-bond donors (Lipinski definition) is 3. The number of imidazole rings is 1. The molecule has 0 atom stereocenters. The summed E-state index contributed by atoms with van der Waals surface area (Å²) in [5.74, 6) is 0.747. The number of nitrogens with zero attached hydrogens (tertiary/aromatic N) is 3. The Morgan fingerprint density at radius 3 is 2.91 bits per heavy atom. The number of benzene rings is 2. The number of pyridine rings is 1. The van der Waals surface area contributed by atoms with Gasteiger partial charge in [-0.25, -0.2) is 14.8 Å². The van der Waals surface area contributed by atoms with E-state index in [1.807, 2.05) is 18.2 Å². The summed E-state index contributed by atoms with van der Waals surface area (Å²) in [4.78, 5) is 37.7. The average Bonchev–Trinajstić information content (AvgIpc) is 3.49. The number of aromatic hydroxyl groups is 1. The molecule has 35 heavy (non-hydrogen) atoms. The van der Waals surface area contributed by atoms with E-state index in [9.17, 15) is 14.7 Å². The molecule has 1 aliphatic heterocycles. The van der Waals surface area contributed by atoms with Crippen molar-refractivity contribution >= 4 is 23.0 Å². The molecule has 3 N–H and O–H groups in total. The minimum Gasteiger partial charge on any atom is -0.507 e. The van der Waals surface area contributed by atoms with E-state index in [2.05, 4.69) is 20.3 Å². The number of cyclic esters (lactones) is 1. The highest BCUT2D eigenvalue weighted by Gasteiger charge is 2.21. The Bertz CT molecular complexity index is 1420. The standard InChI is InChI=1S/C25H23N5O5/c1-34-24-17(3-2-8-27-24)15-5-7-21(31)18(13-15)22-28-19-6-4-16(14-20(19)29-22)23(32)26-9-10-30-11-12-35-25(30)33/h2-8,13-14,31H,9-12H2,1H3,(H,26,32)(H,28,29). The third kappa shape index (κ3) is 4.45. The van der Waals surface area contributed by atoms with Crippen molar-refractivity contribution in [1.29, 1.82) is 0 Å². The number of phenolic OH excluding ortho intramolecular Hbond substituents is 1. The van der Waals surface area contributed by atoms with Crippen molar-refractivity contribution in [2.45, 2.75) is 0 Å². The number of fused-ring (bicyclic) bond motifs is 1. The van der Waals surface area contributed by atoms with E-state index in [4.69, 9.17) is 9.47 Å². The van der Waals surface area contributed by atoms with Gasteiger partial charge >= 0.3 is 6.09 Å². The molecule has 0 saturated carbocycles. The number of amides is 2. The van der Waals surface area contributed by atoms with Crippen LogP contribution < -0.4 is 10.1 Å². The van der Waals surface area contributed by atoms with Crippen LogP contribution in [0.4, 0.5) is 4.79 Å². The van der Waals surface area contributed by atoms with Crippen molar-refractivity contribution in [3.8, 4) is 34.1 Å². The van der Waals surface area contributed by atoms with Gasteiger partial charge in [-0.05, 0) is 48.0 Å². The lowest BCUT2D eigenvalue weighted by Crippen LogP contribution is -2.35. The zero-order valence-electron chi connectivity index (χ0n) is 18.9. The molecule has 1 fully saturated rings. The smallest absolute Gasteiger partial charge is 0.409 e. The maximum Gasteiger partial charge on any atom is 0.409 e. The van der Waals surface area contributed by atoms with Gasteiger partial charge in [-0.1, -0.05) is 6.07 Å². The summed E-state index contributed by atoms with van der Waals surface area (Å²) < 4.78 is 10.2. The van der Waals surface area contributed by atoms with E-state index >= 15 is 0 Å². The van der Waals surface area contributed by atoms with Crippen molar-refractivity contribution in [2.24, 2.45) is 0 Å². The Morgan fingerprint density at radius 2 is 2.11 bits per heavy atom. The van der Waals surface area contributed by atoms with Crippen molar-refractivity contribution < 1.29 is 24.2 Å². The molecule has 5 rings (SSSR count). The first-order chi connectivity index (χ1) is 17.0. The summed E-state index contributed by atoms with van der Waals surface area (Å²) in [6.45, 7) is 1.61. The molecule has 0 unspecified atom stereocenters. The zero-order chi connectivity index (χ0) is 24.4. The number of hydrogen-bond acceptors (Lipinski definition) is 7. The van der Waals surface area contributed by atoms with Gasteiger partial charge in [0.25, 0.3) is 5.91 Å². The molecule has 3 heterocycles. The van der Waals surface area contributed by atoms with Crippen LogP contribution in [0.5, 0.6) is 11.6 Å². The fourth-order valence-corrected chi connectivity index (χ4v) is 3.98. The van der Waals surface area contributed by atoms with Crippen LogP contribution in [-0.2, 0) is 4.74 Å². The Hall–Kier alpha value is -4.60. The Morgan fingerprint density at radius 1 is 1.23 bits per heavy atom. The van der Waals surface area contributed by atoms with E-state index in [-0.39, 0.29) is 17.7 Å². The summed E-state index contributed by atoms with van der Waals surface area (Å²) in [6, 6.07) is 14.0. The lowest BCUT2D eigenvalue weighted by atomic mass is 10.0. The second kappa shape index (κ2) is 9.34. The van der Waals surface area contributed by atoms with Crippen molar-refractivity contribution in [3.63, 3.8) is 0 Å². The fourth-order valence-electron chi connectivity index (χ4n) is 3.98. The zero-order valence-corrected chi connectivity index (χ0v) is 18.9. The van der Waals surface area contributed by atoms with Gasteiger partial charge in [-0.2, -0.15) is 0 Å². The quantitative estimate of drug-likeness (QED) is 0.376. The van der Waals surface area contributed by atoms with Crippen LogP contribution in [0.25, 0.3) is 33.5 Å². The molecule has 10 heteroatoms. The molecule has 0 aliphatic carbocycles. The number of aromatic nitrogens is 3. The van der Waals surface area contributed by atoms with Crippen molar-refractivity contribution in [2.75, 3.05) is 33.4 Å². The number of carbonyl (C=O) groups is 2. The monoisotopic (exact) mass is 473 g/mol. The van der Waals surface area contributed by atoms with Gasteiger partial charge in [0.05, 0.1) is 30.3 Å². The van der Waals surface area contributed by atoms with E-state index in [1.165, 1.54) is 0 Å². The lowest BCUT2D eigenvalue weighted by molar-refractivity contribution is 0.0949. The van der Waals surface area contributed by atoms with Crippen LogP contribution in [0.1, 0.15) is 10.4 Å². The first-order valence-electron chi connectivity index (χ1n) is 11.1. The summed E-state index contributed by atoms with van der Waals surface area (Å²) in [6.07, 6.45) is 1.29. The number of aromatic amines is 1. The second-order valence-corrected chi connectivity index (χ2v) is 7.97. The first kappa shape index (κ1) is 22.2. The normalized spacial score (nSPS) is 13.2. The minimum absolute atomic E-state index is 0.0640. The first-order valence-corrected chi connectivity index (χ1v) is 11.1. The van der Waals surface area contributed by atoms with Crippen molar-refractivity contribution in [3.05, 3.63) is 60.3 Å². The van der Waals surface area contributed by atoms with E-state index in [0.29, 0.717) is 60.1 Å². The Balaban J connectivity index is 1.37. The minimum atomic E-state index is -0.361. The molecular formula is C25H23N5O5. The predicted molar refractivity (Wildman–Crippen MR) is 128 cm³/mol. The number of H-pyrrole nitrogens is 1. The highest BCUT2D eigenvalue weighted by atomic mass is 16.6. The van der Waals surface area contributed by atoms with Gasteiger partial charge < -0.3 is 29.8 Å². The van der Waals surface area contributed by atoms with Gasteiger partial charge in [-0.3, -0.25) is 4.79 Å². The Kier molecular flexibility index (Phi) is 5.92. The van der Waals surface area contributed by atoms with Crippen LogP contribution in [0.15, 0.2) is 54.7 Å². The molecule has 1 aliphatic rings. The summed E-state index contributed by atoms with van der Waals surface area (Å²) in [7, 11) is 1.56. The maximum atomic E-state index is 12.6. The van der Waals surface area contributed by atoms with Crippen molar-refractivity contribution in [1.82, 2.24) is 25.2 Å². The highest BCUT2D eigenvalue weighted by molar-refractivity contribution is 5.97. The SMILES string of the molecule is COc1ncccc1-c1ccc(O)c(-c2nc3ccc(C(=O)NCCN4CCOC4=O)cc3[nH]2)c1. The molecule has 10 nitrogen and oxygen atoms in total. The number of rotatable bonds is 7. The molecule has 178 valence electrons. The van der Waals surface area contributed by atoms with Crippen LogP contribution in [0.2, 0.25) is 0 Å². The lowest BCUT2D eigenvalue weighted by Gasteiger charge is -2.12. The Labute approximate surface area is 200 Å². The number of carbonyl (C=O) groups excluding carboxylic acids is 2. The van der Waals surface area contributed by atoms with E-state index in [0.717, 1.165) is 11.1 Å². The molecule has 4 aromatic rings. The average molecular weight is 473 g/mol. The number of phenols is 1. The highest BCUT2D eigenvalue weighted by Crippen LogP contribution is 2.35. The van der Waals surface area contributed by atoms with Gasteiger partial charge in [0.15, 0.2) is 0 Å². The second-order valence-electron chi connectivity index (χ2n) is 7.97. The summed E-state index contributed by atoms with van der Waals surface area (Å²) in [5, 5.41) is 13.3. The predicted octanol–water partition coefficient (Wildman–Crippen LogP) is 3.19. The molecule has 0 radical (unpaired) electrons. The van der Waals surface area contributed by atoms with Crippen LogP contribution in [0.3, 0.4) is 0 Å².